The molecule has 0 aliphatic rings. The number of aryl methyl sites for hydroxylation is 1. The predicted molar refractivity (Wildman–Crippen MR) is 82.4 cm³/mol. The van der Waals surface area contributed by atoms with E-state index in [0.29, 0.717) is 0 Å². The maximum Gasteiger partial charge on any atom is 0.245 e. The van der Waals surface area contributed by atoms with Gasteiger partial charge in [-0.15, -0.1) is 0 Å². The van der Waals surface area contributed by atoms with Crippen molar-refractivity contribution in [2.75, 3.05) is 0 Å². The average molecular weight is 304 g/mol. The molecule has 6 heteroatoms. The molecule has 0 aliphatic heterocycles. The summed E-state index contributed by atoms with van der Waals surface area (Å²) < 4.78 is 17.1. The third-order valence-electron chi connectivity index (χ3n) is 3.96. The highest BCUT2D eigenvalue weighted by molar-refractivity contribution is 6.01. The lowest BCUT2D eigenvalue weighted by Gasteiger charge is -2.00. The first-order valence-corrected chi connectivity index (χ1v) is 7.17. The molecule has 0 bridgehead atoms. The first-order chi connectivity index (χ1) is 11.3. The molecule has 0 fully saturated rings. The smallest absolute Gasteiger partial charge is 0.245 e. The Hall–Kier alpha value is -3.28. The van der Waals surface area contributed by atoms with E-state index in [-0.39, 0.29) is 0 Å². The number of rotatable bonds is 2. The zero-order valence-corrected chi connectivity index (χ0v) is 12.3. The van der Waals surface area contributed by atoms with Crippen LogP contribution in [0.1, 0.15) is 0 Å². The van der Waals surface area contributed by atoms with Crippen LogP contribution in [0.25, 0.3) is 33.3 Å². The van der Waals surface area contributed by atoms with Crippen molar-refractivity contribution in [2.24, 2.45) is 7.05 Å². The number of benzene rings is 1. The molecule has 5 rings (SSSR count). The fourth-order valence-corrected chi connectivity index (χ4v) is 2.85. The number of furan rings is 2. The molecule has 0 aliphatic carbocycles. The summed E-state index contributed by atoms with van der Waals surface area (Å²) in [5.41, 5.74) is 1.77. The fourth-order valence-electron chi connectivity index (χ4n) is 2.85. The molecule has 112 valence electrons. The molecule has 4 aromatic heterocycles. The van der Waals surface area contributed by atoms with Crippen molar-refractivity contribution in [3.8, 4) is 11.6 Å². The largest absolute Gasteiger partial charge is 0.473 e. The number of fused-ring (bicyclic) bond motifs is 2. The molecule has 0 saturated carbocycles. The third kappa shape index (κ3) is 1.75. The quantitative estimate of drug-likeness (QED) is 0.372. The number of hydrogen-bond acceptors (Lipinski definition) is 3. The molecule has 1 aromatic carbocycles. The monoisotopic (exact) mass is 304 g/mol. The second-order valence-corrected chi connectivity index (χ2v) is 5.45. The van der Waals surface area contributed by atoms with Crippen LogP contribution >= 0.6 is 0 Å². The Morgan fingerprint density at radius 1 is 1.13 bits per heavy atom. The molecule has 0 spiro atoms. The highest BCUT2D eigenvalue weighted by atomic mass is 16.3. The Labute approximate surface area is 130 Å². The predicted octanol–water partition coefficient (Wildman–Crippen LogP) is 2.78. The van der Waals surface area contributed by atoms with Gasteiger partial charge in [0.2, 0.25) is 12.2 Å². The molecule has 23 heavy (non-hydrogen) atoms. The number of imidazole rings is 2. The van der Waals surface area contributed by atoms with E-state index in [2.05, 4.69) is 17.4 Å². The molecule has 0 atom stereocenters. The highest BCUT2D eigenvalue weighted by Crippen LogP contribution is 2.33. The third-order valence-corrected chi connectivity index (χ3v) is 3.96. The molecule has 0 saturated heterocycles. The number of hydrogen-bond donors (Lipinski definition) is 0. The molecular weight excluding hydrogens is 292 g/mol. The van der Waals surface area contributed by atoms with Gasteiger partial charge >= 0.3 is 0 Å². The minimum Gasteiger partial charge on any atom is -0.473 e. The van der Waals surface area contributed by atoms with Crippen LogP contribution in [0.4, 0.5) is 0 Å². The van der Waals surface area contributed by atoms with Gasteiger partial charge in [-0.2, -0.15) is 0 Å². The van der Waals surface area contributed by atoms with Crippen LogP contribution in [-0.2, 0) is 7.05 Å². The van der Waals surface area contributed by atoms with Crippen molar-refractivity contribution in [1.82, 2.24) is 14.1 Å². The lowest BCUT2D eigenvalue weighted by atomic mass is 10.1. The zero-order valence-electron chi connectivity index (χ0n) is 12.3. The van der Waals surface area contributed by atoms with E-state index < -0.39 is 0 Å². The lowest BCUT2D eigenvalue weighted by molar-refractivity contribution is -0.674. The van der Waals surface area contributed by atoms with Crippen LogP contribution in [0.5, 0.6) is 0 Å². The fraction of sp³-hybridized carbons (Fsp3) is 0.0588. The Morgan fingerprint density at radius 2 is 2.09 bits per heavy atom. The van der Waals surface area contributed by atoms with Gasteiger partial charge in [-0.1, -0.05) is 0 Å². The van der Waals surface area contributed by atoms with Gasteiger partial charge in [-0.05, 0) is 12.1 Å². The number of nitrogens with zero attached hydrogens (tertiary/aromatic N) is 4. The van der Waals surface area contributed by atoms with E-state index in [4.69, 9.17) is 8.83 Å². The van der Waals surface area contributed by atoms with Gasteiger partial charge in [0.25, 0.3) is 0 Å². The van der Waals surface area contributed by atoms with Crippen molar-refractivity contribution in [1.29, 1.82) is 0 Å². The van der Waals surface area contributed by atoms with Crippen molar-refractivity contribution in [3.63, 3.8) is 0 Å². The normalized spacial score (nSPS) is 11.7. The minimum atomic E-state index is 0.736. The van der Waals surface area contributed by atoms with Gasteiger partial charge in [0.1, 0.15) is 11.8 Å². The minimum absolute atomic E-state index is 0.736. The summed E-state index contributed by atoms with van der Waals surface area (Å²) in [6, 6.07) is 4.07. The van der Waals surface area contributed by atoms with Gasteiger partial charge in [-0.25, -0.2) is 4.98 Å². The maximum absolute atomic E-state index is 5.74. The summed E-state index contributed by atoms with van der Waals surface area (Å²) in [4.78, 5) is 4.10. The van der Waals surface area contributed by atoms with Gasteiger partial charge in [-0.3, -0.25) is 4.57 Å². The van der Waals surface area contributed by atoms with Crippen LogP contribution < -0.4 is 4.57 Å². The van der Waals surface area contributed by atoms with Gasteiger partial charge in [0, 0.05) is 40.9 Å². The van der Waals surface area contributed by atoms with E-state index in [9.17, 15) is 0 Å². The molecule has 4 heterocycles. The molecule has 0 radical (unpaired) electrons. The topological polar surface area (TPSA) is 52.9 Å². The highest BCUT2D eigenvalue weighted by Gasteiger charge is 2.14. The lowest BCUT2D eigenvalue weighted by Crippen LogP contribution is -2.24. The second kappa shape index (κ2) is 4.36. The van der Waals surface area contributed by atoms with Crippen LogP contribution in [0.3, 0.4) is 0 Å². The number of aromatic nitrogens is 4. The standard InChI is InChI=1S/C17H12N4O2/c1-19-4-5-21(11-19)17-13-7-14-15(20-3-2-18-10-20)9-22-16(14)6-12(13)8-23-17/h2-10H,1H3. The van der Waals surface area contributed by atoms with E-state index in [0.717, 1.165) is 33.3 Å². The van der Waals surface area contributed by atoms with E-state index in [1.165, 1.54) is 0 Å². The van der Waals surface area contributed by atoms with Crippen LogP contribution in [0.15, 0.2) is 64.6 Å². The Balaban J connectivity index is 1.80. The van der Waals surface area contributed by atoms with Gasteiger partial charge in [0.15, 0.2) is 0 Å². The van der Waals surface area contributed by atoms with E-state index >= 15 is 0 Å². The van der Waals surface area contributed by atoms with Crippen molar-refractivity contribution in [3.05, 3.63) is 62.1 Å². The summed E-state index contributed by atoms with van der Waals surface area (Å²) in [5.74, 6) is 0.736. The van der Waals surface area contributed by atoms with Crippen molar-refractivity contribution in [2.45, 2.75) is 0 Å². The van der Waals surface area contributed by atoms with Crippen LogP contribution in [-0.4, -0.2) is 14.1 Å². The summed E-state index contributed by atoms with van der Waals surface area (Å²) in [6.45, 7) is 0. The second-order valence-electron chi connectivity index (χ2n) is 5.45. The first-order valence-electron chi connectivity index (χ1n) is 7.17. The van der Waals surface area contributed by atoms with E-state index in [1.54, 1.807) is 25.1 Å². The first kappa shape index (κ1) is 12.3. The van der Waals surface area contributed by atoms with Crippen LogP contribution in [0, 0.1) is 6.33 Å². The van der Waals surface area contributed by atoms with E-state index in [1.807, 2.05) is 45.4 Å². The SMILES string of the molecule is C[n+]1[c-]n(-c2occ3cc4occ(-n5ccnc5)c4cc23)cc1. The molecule has 0 amide bonds. The van der Waals surface area contributed by atoms with Gasteiger partial charge in [0.05, 0.1) is 25.3 Å². The molecular formula is C17H12N4O2. The Morgan fingerprint density at radius 3 is 2.87 bits per heavy atom. The molecule has 6 nitrogen and oxygen atoms in total. The summed E-state index contributed by atoms with van der Waals surface area (Å²) in [5, 5.41) is 3.01. The maximum atomic E-state index is 5.74. The summed E-state index contributed by atoms with van der Waals surface area (Å²) in [6.07, 6.45) is 15.9. The molecule has 0 N–H and O–H groups in total. The van der Waals surface area contributed by atoms with Crippen molar-refractivity contribution >= 4 is 21.7 Å². The Bertz CT molecular complexity index is 1130. The zero-order chi connectivity index (χ0) is 15.4. The van der Waals surface area contributed by atoms with Crippen LogP contribution in [0.2, 0.25) is 0 Å². The summed E-state index contributed by atoms with van der Waals surface area (Å²) in [7, 11) is 1.92. The molecule has 0 unspecified atom stereocenters. The average Bonchev–Trinajstić information content (AvgIpc) is 3.30. The Kier molecular flexibility index (Phi) is 2.33. The van der Waals surface area contributed by atoms with Crippen molar-refractivity contribution < 1.29 is 13.4 Å². The summed E-state index contributed by atoms with van der Waals surface area (Å²) >= 11 is 0. The van der Waals surface area contributed by atoms with Gasteiger partial charge < -0.3 is 18.0 Å². The molecule has 5 aromatic rings.